The van der Waals surface area contributed by atoms with Crippen LogP contribution in [0.1, 0.15) is 0 Å². The minimum absolute atomic E-state index is 0.291. The number of phenols is 1. The molecular weight excluding hydrogens is 382 g/mol. The van der Waals surface area contributed by atoms with Crippen LogP contribution in [-0.4, -0.2) is 16.8 Å². The molecule has 0 saturated heterocycles. The van der Waals surface area contributed by atoms with Crippen molar-refractivity contribution in [1.82, 2.24) is 4.57 Å². The summed E-state index contributed by atoms with van der Waals surface area (Å²) in [7, 11) is 1.73. The average Bonchev–Trinajstić information content (AvgIpc) is 3.14. The van der Waals surface area contributed by atoms with Gasteiger partial charge in [0.2, 0.25) is 0 Å². The fourth-order valence-electron chi connectivity index (χ4n) is 4.93. The zero-order valence-corrected chi connectivity index (χ0v) is 17.2. The molecule has 5 aromatic carbocycles. The molecule has 0 fully saturated rings. The van der Waals surface area contributed by atoms with Crippen LogP contribution in [0, 0.1) is 0 Å². The third-order valence-corrected chi connectivity index (χ3v) is 6.19. The van der Waals surface area contributed by atoms with Crippen molar-refractivity contribution in [2.75, 3.05) is 7.11 Å². The quantitative estimate of drug-likeness (QED) is 0.343. The summed E-state index contributed by atoms with van der Waals surface area (Å²) in [6, 6.07) is 31.1. The Kier molecular flexibility index (Phi) is 3.98. The first-order chi connectivity index (χ1) is 15.3. The highest BCUT2D eigenvalue weighted by molar-refractivity contribution is 6.25. The lowest BCUT2D eigenvalue weighted by Crippen LogP contribution is -1.99. The van der Waals surface area contributed by atoms with Gasteiger partial charge in [0.05, 0.1) is 11.0 Å². The summed E-state index contributed by atoms with van der Waals surface area (Å²) >= 11 is 0. The van der Waals surface area contributed by atoms with Crippen LogP contribution >= 0.6 is 0 Å². The summed E-state index contributed by atoms with van der Waals surface area (Å²) in [6.45, 7) is 0.457. The lowest BCUT2D eigenvalue weighted by Gasteiger charge is -2.14. The number of fused-ring (bicyclic) bond motifs is 6. The number of nitrogens with zero attached hydrogens (tertiary/aromatic N) is 1. The van der Waals surface area contributed by atoms with E-state index in [0.717, 1.165) is 49.1 Å². The second-order valence-electron chi connectivity index (χ2n) is 7.91. The molecule has 6 rings (SSSR count). The van der Waals surface area contributed by atoms with Crippen LogP contribution in [-0.2, 0) is 11.5 Å². The molecule has 3 heteroatoms. The molecule has 0 saturated carbocycles. The first kappa shape index (κ1) is 18.0. The zero-order valence-electron chi connectivity index (χ0n) is 17.2. The molecule has 3 nitrogen and oxygen atoms in total. The molecule has 0 aliphatic carbocycles. The number of phenolic OH excluding ortho intramolecular Hbond substituents is 1. The van der Waals surface area contributed by atoms with E-state index in [2.05, 4.69) is 71.3 Å². The van der Waals surface area contributed by atoms with Crippen LogP contribution in [0.15, 0.2) is 91.0 Å². The first-order valence-electron chi connectivity index (χ1n) is 10.4. The van der Waals surface area contributed by atoms with E-state index in [1.54, 1.807) is 13.2 Å². The van der Waals surface area contributed by atoms with Gasteiger partial charge in [-0.25, -0.2) is 0 Å². The number of rotatable bonds is 3. The molecule has 1 aromatic heterocycles. The molecule has 6 aromatic rings. The molecule has 0 spiro atoms. The fourth-order valence-corrected chi connectivity index (χ4v) is 4.93. The Balaban J connectivity index is 1.91. The predicted molar refractivity (Wildman–Crippen MR) is 129 cm³/mol. The van der Waals surface area contributed by atoms with Gasteiger partial charge in [0.15, 0.2) is 0 Å². The molecule has 0 unspecified atom stereocenters. The first-order valence-corrected chi connectivity index (χ1v) is 10.4. The highest BCUT2D eigenvalue weighted by Crippen LogP contribution is 2.45. The molecule has 150 valence electrons. The van der Waals surface area contributed by atoms with Gasteiger partial charge in [0.1, 0.15) is 12.5 Å². The number of benzene rings is 5. The number of aromatic hydroxyl groups is 1. The third-order valence-electron chi connectivity index (χ3n) is 6.19. The third kappa shape index (κ3) is 2.57. The van der Waals surface area contributed by atoms with Crippen molar-refractivity contribution in [2.24, 2.45) is 0 Å². The van der Waals surface area contributed by atoms with E-state index in [1.165, 1.54) is 5.39 Å². The normalized spacial score (nSPS) is 11.8. The van der Waals surface area contributed by atoms with E-state index in [0.29, 0.717) is 12.5 Å². The van der Waals surface area contributed by atoms with Gasteiger partial charge < -0.3 is 14.4 Å². The van der Waals surface area contributed by atoms with Crippen molar-refractivity contribution in [1.29, 1.82) is 0 Å². The summed E-state index contributed by atoms with van der Waals surface area (Å²) < 4.78 is 7.84. The number of para-hydroxylation sites is 1. The number of hydrogen-bond acceptors (Lipinski definition) is 2. The maximum Gasteiger partial charge on any atom is 0.124 e. The van der Waals surface area contributed by atoms with Gasteiger partial charge in [-0.1, -0.05) is 72.8 Å². The Labute approximate surface area is 179 Å². The number of aromatic nitrogens is 1. The van der Waals surface area contributed by atoms with Crippen LogP contribution in [0.4, 0.5) is 0 Å². The second-order valence-corrected chi connectivity index (χ2v) is 7.91. The summed E-state index contributed by atoms with van der Waals surface area (Å²) in [5.74, 6) is 0.291. The van der Waals surface area contributed by atoms with Gasteiger partial charge in [0, 0.05) is 28.8 Å². The summed E-state index contributed by atoms with van der Waals surface area (Å²) in [5.41, 5.74) is 4.16. The van der Waals surface area contributed by atoms with E-state index in [1.807, 2.05) is 18.2 Å². The summed E-state index contributed by atoms with van der Waals surface area (Å²) in [6.07, 6.45) is 0. The van der Waals surface area contributed by atoms with Gasteiger partial charge in [-0.05, 0) is 39.9 Å². The van der Waals surface area contributed by atoms with E-state index >= 15 is 0 Å². The Morgan fingerprint density at radius 2 is 1.42 bits per heavy atom. The monoisotopic (exact) mass is 403 g/mol. The van der Waals surface area contributed by atoms with Crippen molar-refractivity contribution in [3.63, 3.8) is 0 Å². The van der Waals surface area contributed by atoms with Crippen molar-refractivity contribution in [3.8, 4) is 16.9 Å². The van der Waals surface area contributed by atoms with Crippen molar-refractivity contribution in [3.05, 3.63) is 91.0 Å². The Hall–Kier alpha value is -3.82. The maximum atomic E-state index is 11.0. The molecule has 0 atom stereocenters. The topological polar surface area (TPSA) is 34.4 Å². The van der Waals surface area contributed by atoms with Crippen molar-refractivity contribution < 1.29 is 9.84 Å². The van der Waals surface area contributed by atoms with Crippen LogP contribution < -0.4 is 0 Å². The zero-order chi connectivity index (χ0) is 20.9. The Morgan fingerprint density at radius 3 is 2.23 bits per heavy atom. The smallest absolute Gasteiger partial charge is 0.124 e. The maximum absolute atomic E-state index is 11.0. The molecule has 1 heterocycles. The molecule has 0 amide bonds. The van der Waals surface area contributed by atoms with E-state index in [4.69, 9.17) is 4.74 Å². The lowest BCUT2D eigenvalue weighted by molar-refractivity contribution is 0.138. The van der Waals surface area contributed by atoms with Gasteiger partial charge in [-0.15, -0.1) is 0 Å². The Morgan fingerprint density at radius 1 is 0.742 bits per heavy atom. The fraction of sp³-hybridized carbons (Fsp3) is 0.0714. The van der Waals surface area contributed by atoms with Gasteiger partial charge >= 0.3 is 0 Å². The number of methoxy groups -OCH3 is 1. The second kappa shape index (κ2) is 6.86. The van der Waals surface area contributed by atoms with Crippen molar-refractivity contribution >= 4 is 43.4 Å². The number of hydrogen-bond donors (Lipinski definition) is 1. The van der Waals surface area contributed by atoms with Crippen molar-refractivity contribution in [2.45, 2.75) is 6.73 Å². The molecule has 0 aliphatic rings. The molecule has 0 radical (unpaired) electrons. The lowest BCUT2D eigenvalue weighted by atomic mass is 9.91. The minimum Gasteiger partial charge on any atom is -0.507 e. The SMILES string of the molecule is COCn1c2ccccc2c2c(-c3c(O)ccc4ccccc34)cc3ccccc3c21. The molecule has 0 bridgehead atoms. The Bertz CT molecular complexity index is 1610. The number of ether oxygens (including phenoxy) is 1. The van der Waals surface area contributed by atoms with E-state index < -0.39 is 0 Å². The highest BCUT2D eigenvalue weighted by Gasteiger charge is 2.20. The van der Waals surface area contributed by atoms with Crippen LogP contribution in [0.2, 0.25) is 0 Å². The average molecular weight is 403 g/mol. The van der Waals surface area contributed by atoms with Crippen LogP contribution in [0.25, 0.3) is 54.5 Å². The van der Waals surface area contributed by atoms with Gasteiger partial charge in [0.25, 0.3) is 0 Å². The molecule has 1 N–H and O–H groups in total. The van der Waals surface area contributed by atoms with E-state index in [9.17, 15) is 5.11 Å². The predicted octanol–water partition coefficient (Wildman–Crippen LogP) is 7.08. The molecule has 0 aliphatic heterocycles. The van der Waals surface area contributed by atoms with E-state index in [-0.39, 0.29) is 0 Å². The van der Waals surface area contributed by atoms with Gasteiger partial charge in [-0.2, -0.15) is 0 Å². The van der Waals surface area contributed by atoms with Crippen LogP contribution in [0.3, 0.4) is 0 Å². The van der Waals surface area contributed by atoms with Gasteiger partial charge in [-0.3, -0.25) is 0 Å². The minimum atomic E-state index is 0.291. The molecular formula is C28H21NO2. The summed E-state index contributed by atoms with van der Waals surface area (Å²) in [5, 5.41) is 17.8. The highest BCUT2D eigenvalue weighted by atomic mass is 16.5. The standard InChI is InChI=1S/C28H21NO2/c1-31-17-29-24-13-7-6-12-22(24)27-23(16-19-9-3-5-11-21(19)28(27)29)26-20-10-4-2-8-18(20)14-15-25(26)30/h2-16,30H,17H2,1H3. The molecule has 31 heavy (non-hydrogen) atoms. The van der Waals surface area contributed by atoms with Crippen LogP contribution in [0.5, 0.6) is 5.75 Å². The summed E-state index contributed by atoms with van der Waals surface area (Å²) in [4.78, 5) is 0. The largest absolute Gasteiger partial charge is 0.507 e.